The number of nitrogens with one attached hydrogen (secondary N) is 1. The number of rotatable bonds is 4. The van der Waals surface area contributed by atoms with Gasteiger partial charge < -0.3 is 5.32 Å². The normalized spacial score (nSPS) is 23.8. The molecule has 100 valence electrons. The molecule has 1 aliphatic carbocycles. The first-order chi connectivity index (χ1) is 8.45. The molecule has 1 aromatic carbocycles. The molecule has 1 aliphatic rings. The first-order valence-corrected chi connectivity index (χ1v) is 7.33. The van der Waals surface area contributed by atoms with Crippen LogP contribution in [0.5, 0.6) is 0 Å². The van der Waals surface area contributed by atoms with Gasteiger partial charge in [0.2, 0.25) is 0 Å². The zero-order valence-electron chi connectivity index (χ0n) is 11.7. The molecule has 0 atom stereocenters. The van der Waals surface area contributed by atoms with Crippen molar-refractivity contribution in [1.82, 2.24) is 5.32 Å². The lowest BCUT2D eigenvalue weighted by atomic mass is 9.85. The highest BCUT2D eigenvalue weighted by Gasteiger charge is 2.26. The van der Waals surface area contributed by atoms with Crippen LogP contribution >= 0.6 is 11.6 Å². The van der Waals surface area contributed by atoms with Gasteiger partial charge in [0.25, 0.3) is 0 Å². The van der Waals surface area contributed by atoms with Gasteiger partial charge in [0.1, 0.15) is 0 Å². The fraction of sp³-hybridized carbons (Fsp3) is 0.625. The predicted molar refractivity (Wildman–Crippen MR) is 79.2 cm³/mol. The Kier molecular flexibility index (Phi) is 4.34. The lowest BCUT2D eigenvalue weighted by molar-refractivity contribution is 0.308. The highest BCUT2D eigenvalue weighted by Crippen LogP contribution is 2.31. The summed E-state index contributed by atoms with van der Waals surface area (Å²) in [6.07, 6.45) is 2.36. The Morgan fingerprint density at radius 1 is 1.17 bits per heavy atom. The van der Waals surface area contributed by atoms with Gasteiger partial charge in [0.05, 0.1) is 0 Å². The van der Waals surface area contributed by atoms with Gasteiger partial charge in [0.15, 0.2) is 0 Å². The van der Waals surface area contributed by atoms with Gasteiger partial charge in [-0.05, 0) is 41.8 Å². The van der Waals surface area contributed by atoms with Gasteiger partial charge in [-0.1, -0.05) is 45.0 Å². The highest BCUT2D eigenvalue weighted by molar-refractivity contribution is 6.21. The van der Waals surface area contributed by atoms with Crippen molar-refractivity contribution in [3.63, 3.8) is 0 Å². The summed E-state index contributed by atoms with van der Waals surface area (Å²) in [5.74, 6) is 0.793. The molecule has 1 saturated carbocycles. The van der Waals surface area contributed by atoms with Crippen LogP contribution in [0.15, 0.2) is 24.3 Å². The van der Waals surface area contributed by atoms with E-state index in [1.807, 2.05) is 0 Å². The average Bonchev–Trinajstić information content (AvgIpc) is 2.26. The molecule has 1 aromatic rings. The lowest BCUT2D eigenvalue weighted by Gasteiger charge is -2.31. The molecule has 18 heavy (non-hydrogen) atoms. The molecule has 1 nitrogen and oxygen atoms in total. The summed E-state index contributed by atoms with van der Waals surface area (Å²) in [5, 5.41) is 3.96. The first kappa shape index (κ1) is 13.9. The Hall–Kier alpha value is -0.530. The van der Waals surface area contributed by atoms with Crippen LogP contribution in [0.1, 0.15) is 44.7 Å². The molecule has 1 N–H and O–H groups in total. The van der Waals surface area contributed by atoms with Crippen molar-refractivity contribution in [2.75, 3.05) is 6.54 Å². The topological polar surface area (TPSA) is 12.0 Å². The van der Waals surface area contributed by atoms with Crippen LogP contribution in [0.2, 0.25) is 0 Å². The van der Waals surface area contributed by atoms with E-state index >= 15 is 0 Å². The molecule has 0 heterocycles. The zero-order chi connectivity index (χ0) is 13.2. The Balaban J connectivity index is 1.76. The first-order valence-electron chi connectivity index (χ1n) is 6.89. The maximum absolute atomic E-state index is 5.97. The zero-order valence-corrected chi connectivity index (χ0v) is 12.4. The molecule has 0 unspecified atom stereocenters. The van der Waals surface area contributed by atoms with E-state index < -0.39 is 0 Å². The second-order valence-electron chi connectivity index (χ2n) is 6.51. The van der Waals surface area contributed by atoms with Crippen molar-refractivity contribution in [3.05, 3.63) is 35.4 Å². The third-order valence-electron chi connectivity index (χ3n) is 3.76. The van der Waals surface area contributed by atoms with E-state index in [2.05, 4.69) is 50.4 Å². The minimum Gasteiger partial charge on any atom is -0.312 e. The fourth-order valence-electron chi connectivity index (χ4n) is 2.36. The molecule has 0 aliphatic heterocycles. The Labute approximate surface area is 116 Å². The Morgan fingerprint density at radius 2 is 1.78 bits per heavy atom. The second kappa shape index (κ2) is 5.63. The fourth-order valence-corrected chi connectivity index (χ4v) is 2.87. The molecule has 2 rings (SSSR count). The molecular formula is C16H24ClN. The van der Waals surface area contributed by atoms with Crippen LogP contribution in [0.3, 0.4) is 0 Å². The number of hydrogen-bond acceptors (Lipinski definition) is 1. The molecule has 0 bridgehead atoms. The molecule has 0 aromatic heterocycles. The summed E-state index contributed by atoms with van der Waals surface area (Å²) < 4.78 is 0. The monoisotopic (exact) mass is 265 g/mol. The second-order valence-corrected chi connectivity index (χ2v) is 7.13. The molecular weight excluding hydrogens is 242 g/mol. The van der Waals surface area contributed by atoms with Crippen LogP contribution in [0.4, 0.5) is 0 Å². The Morgan fingerprint density at radius 3 is 2.28 bits per heavy atom. The maximum Gasteiger partial charge on any atom is 0.0342 e. The van der Waals surface area contributed by atoms with Crippen LogP contribution in [-0.4, -0.2) is 11.9 Å². The largest absolute Gasteiger partial charge is 0.312 e. The minimum atomic E-state index is 0.243. The van der Waals surface area contributed by atoms with Gasteiger partial charge in [-0.25, -0.2) is 0 Å². The molecule has 0 spiro atoms. The van der Waals surface area contributed by atoms with Crippen LogP contribution in [-0.2, 0) is 12.0 Å². The number of benzene rings is 1. The summed E-state index contributed by atoms with van der Waals surface area (Å²) in [7, 11) is 0. The van der Waals surface area contributed by atoms with Crippen molar-refractivity contribution >= 4 is 11.6 Å². The standard InChI is InChI=1S/C16H24ClN/c1-16(2,3)14-6-4-12(5-7-14)10-18-11-13-8-15(17)9-13/h4-7,13,15,18H,8-11H2,1-3H3. The van der Waals surface area contributed by atoms with Crippen LogP contribution in [0, 0.1) is 5.92 Å². The Bertz CT molecular complexity index is 371. The van der Waals surface area contributed by atoms with Gasteiger partial charge in [-0.3, -0.25) is 0 Å². The summed E-state index contributed by atoms with van der Waals surface area (Å²) in [5.41, 5.74) is 3.01. The van der Waals surface area contributed by atoms with Gasteiger partial charge in [-0.2, -0.15) is 0 Å². The molecule has 0 radical (unpaired) electrons. The van der Waals surface area contributed by atoms with Crippen molar-refractivity contribution in [1.29, 1.82) is 0 Å². The maximum atomic E-state index is 5.97. The summed E-state index contributed by atoms with van der Waals surface area (Å²) in [6, 6.07) is 8.96. The third kappa shape index (κ3) is 3.73. The smallest absolute Gasteiger partial charge is 0.0342 e. The number of halogens is 1. The predicted octanol–water partition coefficient (Wildman–Crippen LogP) is 4.09. The van der Waals surface area contributed by atoms with Crippen molar-refractivity contribution in [3.8, 4) is 0 Å². The lowest BCUT2D eigenvalue weighted by Crippen LogP contribution is -2.33. The molecule has 0 saturated heterocycles. The van der Waals surface area contributed by atoms with Gasteiger partial charge in [-0.15, -0.1) is 11.6 Å². The summed E-state index contributed by atoms with van der Waals surface area (Å²) in [4.78, 5) is 0. The highest BCUT2D eigenvalue weighted by atomic mass is 35.5. The van der Waals surface area contributed by atoms with E-state index in [1.54, 1.807) is 0 Å². The van der Waals surface area contributed by atoms with E-state index in [0.717, 1.165) is 19.0 Å². The molecule has 2 heteroatoms. The van der Waals surface area contributed by atoms with Crippen LogP contribution < -0.4 is 5.32 Å². The van der Waals surface area contributed by atoms with E-state index in [0.29, 0.717) is 5.38 Å². The van der Waals surface area contributed by atoms with Crippen LogP contribution in [0.25, 0.3) is 0 Å². The minimum absolute atomic E-state index is 0.243. The quantitative estimate of drug-likeness (QED) is 0.809. The SMILES string of the molecule is CC(C)(C)c1ccc(CNCC2CC(Cl)C2)cc1. The molecule has 1 fully saturated rings. The number of alkyl halides is 1. The van der Waals surface area contributed by atoms with Gasteiger partial charge >= 0.3 is 0 Å². The van der Waals surface area contributed by atoms with Gasteiger partial charge in [0, 0.05) is 11.9 Å². The van der Waals surface area contributed by atoms with Crippen molar-refractivity contribution in [2.45, 2.75) is 50.9 Å². The van der Waals surface area contributed by atoms with Crippen molar-refractivity contribution < 1.29 is 0 Å². The third-order valence-corrected chi connectivity index (χ3v) is 4.12. The van der Waals surface area contributed by atoms with E-state index in [1.165, 1.54) is 24.0 Å². The summed E-state index contributed by atoms with van der Waals surface area (Å²) in [6.45, 7) is 8.82. The molecule has 0 amide bonds. The van der Waals surface area contributed by atoms with E-state index in [-0.39, 0.29) is 5.41 Å². The summed E-state index contributed by atoms with van der Waals surface area (Å²) >= 11 is 5.97. The van der Waals surface area contributed by atoms with E-state index in [4.69, 9.17) is 11.6 Å². The average molecular weight is 266 g/mol. The van der Waals surface area contributed by atoms with E-state index in [9.17, 15) is 0 Å². The number of hydrogen-bond donors (Lipinski definition) is 1. The van der Waals surface area contributed by atoms with Crippen molar-refractivity contribution in [2.24, 2.45) is 5.92 Å².